The van der Waals surface area contributed by atoms with E-state index in [2.05, 4.69) is 10.3 Å². The molecule has 0 bridgehead atoms. The van der Waals surface area contributed by atoms with Crippen molar-refractivity contribution in [2.24, 2.45) is 0 Å². The molecular weight excluding hydrogens is 284 g/mol. The van der Waals surface area contributed by atoms with Crippen molar-refractivity contribution in [1.82, 2.24) is 10.3 Å². The maximum atomic E-state index is 12.0. The standard InChI is InChI=1S/C16H16N2O2S/c1-10-12(6-7-17-10)16(20)18-9-13(19)15-8-11-4-2-3-5-14(11)21-15/h2-8,13,17,19H,9H2,1H3,(H,18,20). The van der Waals surface area contributed by atoms with Crippen LogP contribution in [0.1, 0.15) is 27.0 Å². The Morgan fingerprint density at radius 3 is 2.90 bits per heavy atom. The van der Waals surface area contributed by atoms with Gasteiger partial charge in [0.15, 0.2) is 0 Å². The summed E-state index contributed by atoms with van der Waals surface area (Å²) in [6, 6.07) is 11.7. The highest BCUT2D eigenvalue weighted by Crippen LogP contribution is 2.29. The molecule has 2 heterocycles. The summed E-state index contributed by atoms with van der Waals surface area (Å²) in [6.07, 6.45) is 1.04. The zero-order chi connectivity index (χ0) is 14.8. The predicted octanol–water partition coefficient (Wildman–Crippen LogP) is 3.00. The van der Waals surface area contributed by atoms with E-state index in [0.29, 0.717) is 5.56 Å². The molecule has 21 heavy (non-hydrogen) atoms. The molecule has 1 atom stereocenters. The minimum absolute atomic E-state index is 0.172. The molecule has 1 amide bonds. The van der Waals surface area contributed by atoms with E-state index >= 15 is 0 Å². The monoisotopic (exact) mass is 300 g/mol. The van der Waals surface area contributed by atoms with E-state index < -0.39 is 6.10 Å². The fourth-order valence-corrected chi connectivity index (χ4v) is 3.30. The highest BCUT2D eigenvalue weighted by Gasteiger charge is 2.14. The summed E-state index contributed by atoms with van der Waals surface area (Å²) in [5.41, 5.74) is 1.43. The number of aromatic nitrogens is 1. The number of aryl methyl sites for hydroxylation is 1. The highest BCUT2D eigenvalue weighted by molar-refractivity contribution is 7.19. The average molecular weight is 300 g/mol. The fourth-order valence-electron chi connectivity index (χ4n) is 2.25. The number of aliphatic hydroxyl groups is 1. The minimum atomic E-state index is -0.689. The lowest BCUT2D eigenvalue weighted by Gasteiger charge is -2.10. The van der Waals surface area contributed by atoms with Crippen molar-refractivity contribution in [2.75, 3.05) is 6.54 Å². The van der Waals surface area contributed by atoms with E-state index in [1.807, 2.05) is 37.3 Å². The number of aliphatic hydroxyl groups excluding tert-OH is 1. The quantitative estimate of drug-likeness (QED) is 0.693. The molecule has 5 heteroatoms. The summed E-state index contributed by atoms with van der Waals surface area (Å²) in [7, 11) is 0. The Balaban J connectivity index is 1.67. The van der Waals surface area contributed by atoms with E-state index in [-0.39, 0.29) is 12.5 Å². The lowest BCUT2D eigenvalue weighted by atomic mass is 10.2. The molecule has 1 unspecified atom stereocenters. The van der Waals surface area contributed by atoms with Crippen LogP contribution in [-0.4, -0.2) is 22.5 Å². The molecule has 108 valence electrons. The fraction of sp³-hybridized carbons (Fsp3) is 0.188. The lowest BCUT2D eigenvalue weighted by Crippen LogP contribution is -2.28. The third-order valence-corrected chi connectivity index (χ3v) is 4.64. The number of rotatable bonds is 4. The molecule has 0 spiro atoms. The third kappa shape index (κ3) is 2.84. The molecule has 3 aromatic rings. The zero-order valence-electron chi connectivity index (χ0n) is 11.6. The van der Waals surface area contributed by atoms with Gasteiger partial charge in [-0.3, -0.25) is 4.79 Å². The van der Waals surface area contributed by atoms with Gasteiger partial charge in [0, 0.05) is 28.0 Å². The van der Waals surface area contributed by atoms with Gasteiger partial charge in [-0.25, -0.2) is 0 Å². The molecule has 4 nitrogen and oxygen atoms in total. The summed E-state index contributed by atoms with van der Waals surface area (Å²) >= 11 is 1.55. The molecule has 0 fully saturated rings. The van der Waals surface area contributed by atoms with Crippen LogP contribution in [0.15, 0.2) is 42.6 Å². The van der Waals surface area contributed by atoms with Crippen LogP contribution in [0.4, 0.5) is 0 Å². The second-order valence-corrected chi connectivity index (χ2v) is 6.04. The van der Waals surface area contributed by atoms with E-state index in [0.717, 1.165) is 20.7 Å². The molecule has 0 saturated carbocycles. The number of benzene rings is 1. The van der Waals surface area contributed by atoms with Crippen molar-refractivity contribution in [3.8, 4) is 0 Å². The first-order valence-corrected chi connectivity index (χ1v) is 7.55. The largest absolute Gasteiger partial charge is 0.386 e. The number of carbonyl (C=O) groups is 1. The molecule has 0 aliphatic carbocycles. The number of hydrogen-bond donors (Lipinski definition) is 3. The second-order valence-electron chi connectivity index (χ2n) is 4.93. The van der Waals surface area contributed by atoms with Gasteiger partial charge < -0.3 is 15.4 Å². The molecule has 2 aromatic heterocycles. The van der Waals surface area contributed by atoms with Crippen LogP contribution < -0.4 is 5.32 Å². The number of hydrogen-bond acceptors (Lipinski definition) is 3. The summed E-state index contributed by atoms with van der Waals surface area (Å²) in [6.45, 7) is 2.05. The Hall–Kier alpha value is -2.11. The van der Waals surface area contributed by atoms with Gasteiger partial charge in [-0.2, -0.15) is 0 Å². The van der Waals surface area contributed by atoms with Gasteiger partial charge in [0.2, 0.25) is 0 Å². The first-order valence-electron chi connectivity index (χ1n) is 6.74. The van der Waals surface area contributed by atoms with Gasteiger partial charge in [-0.15, -0.1) is 11.3 Å². The SMILES string of the molecule is Cc1[nH]ccc1C(=O)NCC(O)c1cc2ccccc2s1. The molecule has 0 aliphatic heterocycles. The number of nitrogens with one attached hydrogen (secondary N) is 2. The van der Waals surface area contributed by atoms with Gasteiger partial charge in [0.1, 0.15) is 6.10 Å². The van der Waals surface area contributed by atoms with Crippen molar-refractivity contribution in [2.45, 2.75) is 13.0 Å². The minimum Gasteiger partial charge on any atom is -0.386 e. The molecule has 0 aliphatic rings. The highest BCUT2D eigenvalue weighted by atomic mass is 32.1. The Morgan fingerprint density at radius 1 is 1.38 bits per heavy atom. The first-order chi connectivity index (χ1) is 10.1. The van der Waals surface area contributed by atoms with Crippen LogP contribution in [0, 0.1) is 6.92 Å². The Bertz CT molecular complexity index is 742. The number of H-pyrrole nitrogens is 1. The van der Waals surface area contributed by atoms with Crippen molar-refractivity contribution in [3.05, 3.63) is 58.7 Å². The van der Waals surface area contributed by atoms with Crippen molar-refractivity contribution in [3.63, 3.8) is 0 Å². The summed E-state index contributed by atoms with van der Waals surface area (Å²) in [5.74, 6) is -0.172. The predicted molar refractivity (Wildman–Crippen MR) is 84.6 cm³/mol. The smallest absolute Gasteiger partial charge is 0.253 e. The van der Waals surface area contributed by atoms with Crippen molar-refractivity contribution < 1.29 is 9.90 Å². The van der Waals surface area contributed by atoms with Crippen molar-refractivity contribution >= 4 is 27.3 Å². The van der Waals surface area contributed by atoms with Crippen LogP contribution >= 0.6 is 11.3 Å². The van der Waals surface area contributed by atoms with Gasteiger partial charge in [0.05, 0.1) is 5.56 Å². The van der Waals surface area contributed by atoms with Gasteiger partial charge >= 0.3 is 0 Å². The number of aromatic amines is 1. The van der Waals surface area contributed by atoms with Crippen LogP contribution in [-0.2, 0) is 0 Å². The average Bonchev–Trinajstić information content (AvgIpc) is 3.10. The number of carbonyl (C=O) groups excluding carboxylic acids is 1. The third-order valence-electron chi connectivity index (χ3n) is 3.43. The molecule has 3 N–H and O–H groups in total. The van der Waals surface area contributed by atoms with Crippen LogP contribution in [0.3, 0.4) is 0 Å². The summed E-state index contributed by atoms with van der Waals surface area (Å²) in [4.78, 5) is 15.8. The van der Waals surface area contributed by atoms with Crippen LogP contribution in [0.2, 0.25) is 0 Å². The van der Waals surface area contributed by atoms with Gasteiger partial charge in [0.25, 0.3) is 5.91 Å². The van der Waals surface area contributed by atoms with E-state index in [9.17, 15) is 9.90 Å². The molecule has 3 rings (SSSR count). The van der Waals surface area contributed by atoms with Crippen LogP contribution in [0.25, 0.3) is 10.1 Å². The number of amides is 1. The van der Waals surface area contributed by atoms with Gasteiger partial charge in [-0.1, -0.05) is 18.2 Å². The molecule has 0 radical (unpaired) electrons. The maximum absolute atomic E-state index is 12.0. The van der Waals surface area contributed by atoms with E-state index in [4.69, 9.17) is 0 Å². The summed E-state index contributed by atoms with van der Waals surface area (Å²) in [5, 5.41) is 14.1. The Labute approximate surface area is 126 Å². The molecule has 0 saturated heterocycles. The first kappa shape index (κ1) is 13.9. The van der Waals surface area contributed by atoms with E-state index in [1.54, 1.807) is 23.6 Å². The Morgan fingerprint density at radius 2 is 2.19 bits per heavy atom. The maximum Gasteiger partial charge on any atom is 0.253 e. The number of thiophene rings is 1. The topological polar surface area (TPSA) is 65.1 Å². The normalized spacial score (nSPS) is 12.5. The van der Waals surface area contributed by atoms with E-state index in [1.165, 1.54) is 0 Å². The second kappa shape index (κ2) is 5.71. The van der Waals surface area contributed by atoms with Crippen molar-refractivity contribution in [1.29, 1.82) is 0 Å². The zero-order valence-corrected chi connectivity index (χ0v) is 12.4. The lowest BCUT2D eigenvalue weighted by molar-refractivity contribution is 0.0917. The van der Waals surface area contributed by atoms with Gasteiger partial charge in [-0.05, 0) is 30.5 Å². The van der Waals surface area contributed by atoms with Crippen LogP contribution in [0.5, 0.6) is 0 Å². The summed E-state index contributed by atoms with van der Waals surface area (Å²) < 4.78 is 1.14. The Kier molecular flexibility index (Phi) is 3.77. The molecular formula is C16H16N2O2S. The number of fused-ring (bicyclic) bond motifs is 1. The molecule has 1 aromatic carbocycles.